The van der Waals surface area contributed by atoms with Gasteiger partial charge < -0.3 is 0 Å². The van der Waals surface area contributed by atoms with E-state index in [2.05, 4.69) is 68.7 Å². The van der Waals surface area contributed by atoms with Crippen molar-refractivity contribution >= 4 is 0 Å². The molecule has 0 bridgehead atoms. The molecule has 0 atom stereocenters. The summed E-state index contributed by atoms with van der Waals surface area (Å²) < 4.78 is 22.4. The molecule has 2 nitrogen and oxygen atoms in total. The van der Waals surface area contributed by atoms with Gasteiger partial charge in [-0.15, -0.1) is 0 Å². The Labute approximate surface area is 169 Å². The Bertz CT molecular complexity index is 1290. The van der Waals surface area contributed by atoms with Crippen LogP contribution in [-0.4, -0.2) is 4.57 Å². The fourth-order valence-corrected chi connectivity index (χ4v) is 4.46. The average molecular weight is 368 g/mol. The van der Waals surface area contributed by atoms with Crippen molar-refractivity contribution in [3.05, 3.63) is 94.7 Å². The molecule has 2 heteroatoms. The van der Waals surface area contributed by atoms with E-state index in [0.717, 1.165) is 56.3 Å². The first-order valence-corrected chi connectivity index (χ1v) is 9.74. The Hall–Kier alpha value is -3.13. The van der Waals surface area contributed by atoms with Crippen LogP contribution in [0.4, 0.5) is 0 Å². The van der Waals surface area contributed by atoms with Crippen LogP contribution in [0, 0.1) is 27.7 Å². The Morgan fingerprint density at radius 1 is 0.786 bits per heavy atom. The maximum absolute atomic E-state index is 9.12. The second kappa shape index (κ2) is 6.20. The number of rotatable bonds is 2. The predicted molar refractivity (Wildman–Crippen MR) is 115 cm³/mol. The molecule has 0 fully saturated rings. The summed E-state index contributed by atoms with van der Waals surface area (Å²) in [6, 6.07) is 22.5. The van der Waals surface area contributed by atoms with Crippen LogP contribution in [0.2, 0.25) is 0 Å². The van der Waals surface area contributed by atoms with Gasteiger partial charge in [-0.05, 0) is 43.5 Å². The van der Waals surface area contributed by atoms with E-state index in [4.69, 9.17) is 2.74 Å². The van der Waals surface area contributed by atoms with Crippen LogP contribution < -0.4 is 4.57 Å². The van der Waals surface area contributed by atoms with Gasteiger partial charge in [-0.1, -0.05) is 60.7 Å². The van der Waals surface area contributed by atoms with Gasteiger partial charge in [0.25, 0.3) is 5.82 Å². The minimum absolute atomic E-state index is 0.729. The molecule has 5 rings (SSSR count). The molecule has 4 aromatic rings. The third-order valence-corrected chi connectivity index (χ3v) is 5.80. The number of hydrogen-bond acceptors (Lipinski definition) is 0. The maximum atomic E-state index is 9.12. The molecule has 0 N–H and O–H groups in total. The topological polar surface area (TPSA) is 8.81 Å². The summed E-state index contributed by atoms with van der Waals surface area (Å²) in [7, 11) is 0. The highest BCUT2D eigenvalue weighted by Gasteiger charge is 2.37. The third kappa shape index (κ3) is 2.31. The molecule has 1 aromatic heterocycles. The summed E-state index contributed by atoms with van der Waals surface area (Å²) in [6.07, 6.45) is 0. The first-order chi connectivity index (χ1) is 14.3. The van der Waals surface area contributed by atoms with Crippen LogP contribution in [0.1, 0.15) is 30.7 Å². The van der Waals surface area contributed by atoms with Crippen molar-refractivity contribution in [1.29, 1.82) is 0 Å². The number of fused-ring (bicyclic) bond motifs is 3. The highest BCUT2D eigenvalue weighted by molar-refractivity contribution is 5.73. The molecular formula is C26H25N2+. The van der Waals surface area contributed by atoms with E-state index in [0.29, 0.717) is 0 Å². The smallest absolute Gasteiger partial charge is 0.218 e. The van der Waals surface area contributed by atoms with Crippen molar-refractivity contribution in [2.24, 2.45) is 0 Å². The summed E-state index contributed by atoms with van der Waals surface area (Å²) in [5.74, 6) is 0.897. The molecular weight excluding hydrogens is 340 g/mol. The summed E-state index contributed by atoms with van der Waals surface area (Å²) in [4.78, 5) is 0. The van der Waals surface area contributed by atoms with Gasteiger partial charge in [0.15, 0.2) is 11.4 Å². The highest BCUT2D eigenvalue weighted by Crippen LogP contribution is 2.38. The molecule has 0 spiro atoms. The van der Waals surface area contributed by atoms with E-state index < -0.39 is 6.50 Å². The van der Waals surface area contributed by atoms with Crippen LogP contribution >= 0.6 is 0 Å². The van der Waals surface area contributed by atoms with Crippen molar-refractivity contribution in [2.75, 3.05) is 0 Å². The molecule has 0 unspecified atom stereocenters. The minimum Gasteiger partial charge on any atom is -0.218 e. The van der Waals surface area contributed by atoms with Gasteiger partial charge in [-0.3, -0.25) is 0 Å². The Morgan fingerprint density at radius 3 is 2.18 bits per heavy atom. The van der Waals surface area contributed by atoms with E-state index >= 15 is 0 Å². The van der Waals surface area contributed by atoms with Crippen LogP contribution in [0.25, 0.3) is 28.3 Å². The normalized spacial score (nSPS) is 15.0. The molecule has 138 valence electrons. The Balaban J connectivity index is 2.00. The summed E-state index contributed by atoms with van der Waals surface area (Å²) >= 11 is 0. The molecule has 3 aromatic carbocycles. The van der Waals surface area contributed by atoms with Crippen molar-refractivity contribution in [3.8, 4) is 28.3 Å². The van der Waals surface area contributed by atoms with E-state index in [-0.39, 0.29) is 0 Å². The lowest BCUT2D eigenvalue weighted by molar-refractivity contribution is -0.660. The quantitative estimate of drug-likeness (QED) is 0.402. The maximum Gasteiger partial charge on any atom is 0.295 e. The van der Waals surface area contributed by atoms with Gasteiger partial charge in [0, 0.05) is 18.1 Å². The van der Waals surface area contributed by atoms with E-state index in [9.17, 15) is 0 Å². The third-order valence-electron chi connectivity index (χ3n) is 5.80. The molecule has 0 saturated heterocycles. The number of benzene rings is 3. The van der Waals surface area contributed by atoms with Crippen molar-refractivity contribution in [1.82, 2.24) is 4.57 Å². The van der Waals surface area contributed by atoms with Gasteiger partial charge in [-0.2, -0.15) is 4.57 Å². The van der Waals surface area contributed by atoms with Crippen molar-refractivity contribution < 1.29 is 7.31 Å². The fraction of sp³-hybridized carbons (Fsp3) is 0.192. The number of nitrogens with zero attached hydrogens (tertiary/aromatic N) is 2. The van der Waals surface area contributed by atoms with Crippen molar-refractivity contribution in [3.63, 3.8) is 0 Å². The second-order valence-electron chi connectivity index (χ2n) is 7.64. The predicted octanol–water partition coefficient (Wildman–Crippen LogP) is 5.69. The van der Waals surface area contributed by atoms with Crippen LogP contribution in [0.3, 0.4) is 0 Å². The van der Waals surface area contributed by atoms with Crippen molar-refractivity contribution in [2.45, 2.75) is 34.2 Å². The molecule has 1 aliphatic rings. The Kier molecular flexibility index (Phi) is 3.29. The van der Waals surface area contributed by atoms with Gasteiger partial charge in [0.2, 0.25) is 0 Å². The molecule has 2 heterocycles. The summed E-state index contributed by atoms with van der Waals surface area (Å²) in [5.41, 5.74) is 9.33. The van der Waals surface area contributed by atoms with E-state index in [1.54, 1.807) is 0 Å². The van der Waals surface area contributed by atoms with Gasteiger partial charge >= 0.3 is 0 Å². The van der Waals surface area contributed by atoms with Gasteiger partial charge in [0.05, 0.1) is 8.30 Å². The molecule has 0 aliphatic carbocycles. The minimum atomic E-state index is -1.63. The van der Waals surface area contributed by atoms with E-state index in [1.165, 1.54) is 0 Å². The van der Waals surface area contributed by atoms with Crippen LogP contribution in [0.5, 0.6) is 0 Å². The first-order valence-electron chi connectivity index (χ1n) is 10.7. The molecule has 1 aliphatic heterocycles. The van der Waals surface area contributed by atoms with E-state index in [1.807, 2.05) is 34.9 Å². The zero-order valence-electron chi connectivity index (χ0n) is 18.7. The number of aromatic nitrogens is 2. The standard InChI is InChI=1S/C26H25N2/c1-17-10-5-8-15-23(17)28-20(4)25-22-14-7-6-13-21(22)16-27(25)26(28)24-18(2)11-9-12-19(24)3/h5-15H,16H2,1-4H3/q+1/i16D2. The van der Waals surface area contributed by atoms with Gasteiger partial charge in [0.1, 0.15) is 12.2 Å². The summed E-state index contributed by atoms with van der Waals surface area (Å²) in [5, 5.41) is 0. The molecule has 0 saturated carbocycles. The van der Waals surface area contributed by atoms with Crippen LogP contribution in [-0.2, 0) is 6.50 Å². The molecule has 0 radical (unpaired) electrons. The lowest BCUT2D eigenvalue weighted by atomic mass is 10.0. The zero-order valence-corrected chi connectivity index (χ0v) is 16.7. The SMILES string of the molecule is [2H]C1([2H])c2ccccc2-c2c(C)n(-c3ccccc3C)c(-c3c(C)cccc3C)[n+]21. The number of para-hydroxylation sites is 1. The van der Waals surface area contributed by atoms with Crippen LogP contribution in [0.15, 0.2) is 66.7 Å². The van der Waals surface area contributed by atoms with Gasteiger partial charge in [-0.25, -0.2) is 4.57 Å². The molecule has 0 amide bonds. The Morgan fingerprint density at radius 2 is 1.43 bits per heavy atom. The lowest BCUT2D eigenvalue weighted by Gasteiger charge is -2.12. The average Bonchev–Trinajstić information content (AvgIpc) is 3.14. The second-order valence-corrected chi connectivity index (χ2v) is 7.64. The fourth-order valence-electron chi connectivity index (χ4n) is 4.46. The number of aryl methyl sites for hydroxylation is 3. The first kappa shape index (κ1) is 14.9. The lowest BCUT2D eigenvalue weighted by Crippen LogP contribution is -2.34. The zero-order chi connectivity index (χ0) is 21.2. The molecule has 28 heavy (non-hydrogen) atoms. The highest BCUT2D eigenvalue weighted by atomic mass is 15.2. The summed E-state index contributed by atoms with van der Waals surface area (Å²) in [6.45, 7) is 6.80. The monoisotopic (exact) mass is 367 g/mol. The number of hydrogen-bond donors (Lipinski definition) is 0. The largest absolute Gasteiger partial charge is 0.295 e. The number of imidazole rings is 1.